The third kappa shape index (κ3) is 4.73. The molecule has 9 heteroatoms. The van der Waals surface area contributed by atoms with Gasteiger partial charge in [-0.2, -0.15) is 0 Å². The van der Waals surface area contributed by atoms with Crippen molar-refractivity contribution in [2.75, 3.05) is 25.3 Å². The van der Waals surface area contributed by atoms with Crippen molar-refractivity contribution in [3.8, 4) is 5.75 Å². The van der Waals surface area contributed by atoms with Crippen molar-refractivity contribution in [1.29, 1.82) is 0 Å². The highest BCUT2D eigenvalue weighted by Gasteiger charge is 2.33. The van der Waals surface area contributed by atoms with E-state index in [1.54, 1.807) is 12.1 Å². The molecule has 0 aromatic heterocycles. The van der Waals surface area contributed by atoms with Gasteiger partial charge in [-0.1, -0.05) is 12.1 Å². The first kappa shape index (κ1) is 22.2. The fraction of sp³-hybridized carbons (Fsp3) is 0.348. The Morgan fingerprint density at radius 3 is 2.59 bits per heavy atom. The Balaban J connectivity index is 1.50. The predicted octanol–water partition coefficient (Wildman–Crippen LogP) is 3.88. The molecule has 2 aliphatic rings. The lowest BCUT2D eigenvalue weighted by Crippen LogP contribution is -2.31. The van der Waals surface area contributed by atoms with Crippen LogP contribution in [0.25, 0.3) is 0 Å². The molecule has 4 rings (SSSR count). The molecule has 2 aromatic rings. The number of nitrogens with one attached hydrogen (secondary N) is 1. The second-order valence-electron chi connectivity index (χ2n) is 8.02. The summed E-state index contributed by atoms with van der Waals surface area (Å²) in [7, 11) is 1.90. The molecule has 2 heterocycles. The molecule has 0 saturated heterocycles. The first-order chi connectivity index (χ1) is 15.3. The van der Waals surface area contributed by atoms with Crippen LogP contribution in [0.2, 0.25) is 0 Å². The summed E-state index contributed by atoms with van der Waals surface area (Å²) in [6, 6.07) is 9.59. The summed E-state index contributed by atoms with van der Waals surface area (Å²) in [6.45, 7) is 4.54. The molecule has 0 aliphatic carbocycles. The largest absolute Gasteiger partial charge is 0.573 e. The summed E-state index contributed by atoms with van der Waals surface area (Å²) in [4.78, 5) is 18.3. The molecule has 6 nitrogen and oxygen atoms in total. The molecule has 0 fully saturated rings. The number of carbonyl (C=O) groups is 1. The van der Waals surface area contributed by atoms with Crippen LogP contribution in [-0.2, 0) is 17.9 Å². The quantitative estimate of drug-likeness (QED) is 0.652. The van der Waals surface area contributed by atoms with E-state index in [9.17, 15) is 18.0 Å². The van der Waals surface area contributed by atoms with E-state index in [4.69, 9.17) is 0 Å². The molecule has 0 radical (unpaired) electrons. The molecule has 1 atom stereocenters. The van der Waals surface area contributed by atoms with Crippen LogP contribution in [0.4, 0.5) is 18.9 Å². The summed E-state index contributed by atoms with van der Waals surface area (Å²) in [5.74, 6) is -0.260. The van der Waals surface area contributed by atoms with Crippen molar-refractivity contribution in [3.05, 3.63) is 71.1 Å². The highest BCUT2D eigenvalue weighted by atomic mass is 19.4. The van der Waals surface area contributed by atoms with E-state index in [-0.39, 0.29) is 11.8 Å². The van der Waals surface area contributed by atoms with E-state index in [1.165, 1.54) is 12.1 Å². The van der Waals surface area contributed by atoms with E-state index in [0.717, 1.165) is 47.6 Å². The van der Waals surface area contributed by atoms with Crippen molar-refractivity contribution < 1.29 is 22.7 Å². The third-order valence-corrected chi connectivity index (χ3v) is 5.68. The number of aldehydes is 1. The van der Waals surface area contributed by atoms with Gasteiger partial charge < -0.3 is 24.6 Å². The van der Waals surface area contributed by atoms with Gasteiger partial charge in [-0.25, -0.2) is 0 Å². The fourth-order valence-electron chi connectivity index (χ4n) is 4.35. The number of ether oxygens (including phenoxy) is 1. The Bertz CT molecular complexity index is 1010. The fourth-order valence-corrected chi connectivity index (χ4v) is 4.35. The molecular weight excluding hydrogens is 421 g/mol. The summed E-state index contributed by atoms with van der Waals surface area (Å²) in [5.41, 5.74) is 5.02. The van der Waals surface area contributed by atoms with Crippen molar-refractivity contribution in [2.24, 2.45) is 0 Å². The number of halogens is 3. The van der Waals surface area contributed by atoms with Crippen molar-refractivity contribution in [3.63, 3.8) is 0 Å². The second kappa shape index (κ2) is 8.84. The monoisotopic (exact) mass is 446 g/mol. The Hall–Kier alpha value is -3.04. The van der Waals surface area contributed by atoms with Crippen LogP contribution in [-0.4, -0.2) is 42.8 Å². The number of fused-ring (bicyclic) bond motifs is 1. The summed E-state index contributed by atoms with van der Waals surface area (Å²) >= 11 is 0. The van der Waals surface area contributed by atoms with E-state index < -0.39 is 6.36 Å². The van der Waals surface area contributed by atoms with E-state index >= 15 is 0 Å². The molecule has 2 aromatic carbocycles. The summed E-state index contributed by atoms with van der Waals surface area (Å²) in [5, 5.41) is 3.13. The molecule has 0 bridgehead atoms. The number of alkyl halides is 3. The van der Waals surface area contributed by atoms with Crippen LogP contribution in [0.15, 0.2) is 48.8 Å². The van der Waals surface area contributed by atoms with Gasteiger partial charge >= 0.3 is 6.36 Å². The van der Waals surface area contributed by atoms with Crippen LogP contribution in [0.1, 0.15) is 28.3 Å². The topological polar surface area (TPSA) is 48.0 Å². The van der Waals surface area contributed by atoms with E-state index in [0.29, 0.717) is 13.1 Å². The number of anilines is 1. The minimum atomic E-state index is -4.72. The minimum absolute atomic E-state index is 0.260. The van der Waals surface area contributed by atoms with Gasteiger partial charge in [-0.05, 0) is 60.5 Å². The summed E-state index contributed by atoms with van der Waals surface area (Å²) < 4.78 is 41.1. The van der Waals surface area contributed by atoms with Crippen LogP contribution in [0.5, 0.6) is 5.75 Å². The van der Waals surface area contributed by atoms with E-state index in [2.05, 4.69) is 32.0 Å². The molecule has 0 spiro atoms. The molecule has 1 unspecified atom stereocenters. The molecular formula is C23H25F3N4O2. The van der Waals surface area contributed by atoms with Crippen molar-refractivity contribution in [1.82, 2.24) is 15.1 Å². The first-order valence-corrected chi connectivity index (χ1v) is 10.3. The lowest BCUT2D eigenvalue weighted by atomic mass is 9.98. The van der Waals surface area contributed by atoms with Gasteiger partial charge in [0.25, 0.3) is 0 Å². The number of aryl methyl sites for hydroxylation is 1. The van der Waals surface area contributed by atoms with Gasteiger partial charge in [-0.3, -0.25) is 4.90 Å². The Morgan fingerprint density at radius 1 is 1.19 bits per heavy atom. The van der Waals surface area contributed by atoms with Crippen LogP contribution in [0, 0.1) is 6.92 Å². The Labute approximate surface area is 184 Å². The zero-order chi connectivity index (χ0) is 22.9. The number of hydrogen-bond acceptors (Lipinski definition) is 6. The Morgan fingerprint density at radius 2 is 1.94 bits per heavy atom. The Kier molecular flexibility index (Phi) is 6.12. The van der Waals surface area contributed by atoms with Gasteiger partial charge in [0.15, 0.2) is 0 Å². The number of benzene rings is 2. The summed E-state index contributed by atoms with van der Waals surface area (Å²) in [6.07, 6.45) is 0.285. The zero-order valence-electron chi connectivity index (χ0n) is 17.9. The average molecular weight is 446 g/mol. The smallest absolute Gasteiger partial charge is 0.406 e. The standard InChI is InChI=1S/C23H25F3N4O2/c1-16-9-19(29-8-7-28(15-29)14-27-2)10-18-12-30(21(13-31)22(16)18)11-17-3-5-20(6-4-17)32-23(24,25)26/h3-10,13,21,27H,11-12,14-15H2,1-2H3. The van der Waals surface area contributed by atoms with Gasteiger partial charge in [-0.15, -0.1) is 13.2 Å². The van der Waals surface area contributed by atoms with Crippen LogP contribution < -0.4 is 15.0 Å². The van der Waals surface area contributed by atoms with Gasteiger partial charge in [0.05, 0.1) is 19.4 Å². The maximum absolute atomic E-state index is 12.4. The molecule has 170 valence electrons. The SMILES string of the molecule is CNCN1C=CN(c2cc(C)c3c(c2)CN(Cc2ccc(OC(F)(F)F)cc2)C3C=O)C1. The lowest BCUT2D eigenvalue weighted by molar-refractivity contribution is -0.274. The van der Waals surface area contributed by atoms with Crippen LogP contribution in [0.3, 0.4) is 0 Å². The van der Waals surface area contributed by atoms with Gasteiger partial charge in [0, 0.05) is 31.2 Å². The normalized spacial score (nSPS) is 18.3. The zero-order valence-corrected chi connectivity index (χ0v) is 17.9. The predicted molar refractivity (Wildman–Crippen MR) is 115 cm³/mol. The second-order valence-corrected chi connectivity index (χ2v) is 8.02. The van der Waals surface area contributed by atoms with E-state index in [1.807, 2.05) is 31.3 Å². The first-order valence-electron chi connectivity index (χ1n) is 10.3. The number of carbonyl (C=O) groups excluding carboxylic acids is 1. The lowest BCUT2D eigenvalue weighted by Gasteiger charge is -2.23. The van der Waals surface area contributed by atoms with Crippen molar-refractivity contribution >= 4 is 12.0 Å². The minimum Gasteiger partial charge on any atom is -0.406 e. The number of hydrogen-bond donors (Lipinski definition) is 1. The third-order valence-electron chi connectivity index (χ3n) is 5.68. The highest BCUT2D eigenvalue weighted by Crippen LogP contribution is 2.39. The number of rotatable bonds is 7. The molecule has 32 heavy (non-hydrogen) atoms. The van der Waals surface area contributed by atoms with Crippen LogP contribution >= 0.6 is 0 Å². The van der Waals surface area contributed by atoms with Gasteiger partial charge in [0.2, 0.25) is 0 Å². The molecule has 1 N–H and O–H groups in total. The van der Waals surface area contributed by atoms with Crippen molar-refractivity contribution in [2.45, 2.75) is 32.4 Å². The molecule has 0 saturated carbocycles. The highest BCUT2D eigenvalue weighted by molar-refractivity contribution is 5.69. The molecule has 0 amide bonds. The average Bonchev–Trinajstić information content (AvgIpc) is 3.33. The number of nitrogens with zero attached hydrogens (tertiary/aromatic N) is 3. The van der Waals surface area contributed by atoms with Gasteiger partial charge in [0.1, 0.15) is 12.0 Å². The molecule has 2 aliphatic heterocycles. The maximum Gasteiger partial charge on any atom is 0.573 e. The maximum atomic E-state index is 12.4.